The third kappa shape index (κ3) is 2.33. The van der Waals surface area contributed by atoms with E-state index in [1.165, 1.54) is 15.9 Å². The number of benzene rings is 1. The molecule has 2 unspecified atom stereocenters. The Morgan fingerprint density at radius 3 is 1.88 bits per heavy atom. The predicted molar refractivity (Wildman–Crippen MR) is 90.4 cm³/mol. The number of hydrogen-bond donors (Lipinski definition) is 0. The molecule has 2 atom stereocenters. The van der Waals surface area contributed by atoms with Crippen molar-refractivity contribution >= 4 is 21.8 Å². The van der Waals surface area contributed by atoms with E-state index in [0.717, 1.165) is 16.7 Å². The van der Waals surface area contributed by atoms with Gasteiger partial charge in [0.15, 0.2) is 0 Å². The van der Waals surface area contributed by atoms with E-state index in [1.54, 1.807) is 36.7 Å². The first-order valence-corrected chi connectivity index (χ1v) is 9.56. The lowest BCUT2D eigenvalue weighted by Crippen LogP contribution is -2.26. The fraction of sp³-hybridized carbons (Fsp3) is 0.333. The summed E-state index contributed by atoms with van der Waals surface area (Å²) in [7, 11) is -2.17. The van der Waals surface area contributed by atoms with Crippen molar-refractivity contribution in [3.63, 3.8) is 0 Å². The highest BCUT2D eigenvalue weighted by Gasteiger charge is 2.48. The Kier molecular flexibility index (Phi) is 3.40. The summed E-state index contributed by atoms with van der Waals surface area (Å²) in [6, 6.07) is 6.68. The topological polar surface area (TPSA) is 76.5 Å². The number of nitrogens with zero attached hydrogens (tertiary/aromatic N) is 2. The van der Waals surface area contributed by atoms with Crippen LogP contribution in [0.25, 0.3) is 0 Å². The lowest BCUT2D eigenvalue weighted by molar-refractivity contribution is -0.138. The zero-order valence-corrected chi connectivity index (χ0v) is 14.8. The van der Waals surface area contributed by atoms with Crippen molar-refractivity contribution in [3.05, 3.63) is 53.3 Å². The molecule has 6 nitrogen and oxygen atoms in total. The van der Waals surface area contributed by atoms with E-state index in [-0.39, 0.29) is 28.5 Å². The van der Waals surface area contributed by atoms with Crippen LogP contribution in [0, 0.1) is 18.8 Å². The summed E-state index contributed by atoms with van der Waals surface area (Å²) in [6.45, 7) is 1.90. The van der Waals surface area contributed by atoms with Crippen LogP contribution in [0.15, 0.2) is 41.6 Å². The Labute approximate surface area is 146 Å². The Morgan fingerprint density at radius 1 is 0.920 bits per heavy atom. The molecule has 0 bridgehead atoms. The molecule has 1 aliphatic heterocycles. The number of rotatable bonds is 2. The number of aryl methyl sites for hydroxylation is 1. The maximum atomic E-state index is 12.8. The van der Waals surface area contributed by atoms with Crippen molar-refractivity contribution in [2.75, 3.05) is 7.05 Å². The van der Waals surface area contributed by atoms with E-state index < -0.39 is 10.0 Å². The minimum Gasteiger partial charge on any atom is -0.285 e. The van der Waals surface area contributed by atoms with Gasteiger partial charge < -0.3 is 0 Å². The van der Waals surface area contributed by atoms with Crippen LogP contribution in [-0.2, 0) is 32.5 Å². The highest BCUT2D eigenvalue weighted by Crippen LogP contribution is 2.37. The van der Waals surface area contributed by atoms with Gasteiger partial charge in [-0.2, -0.15) is 0 Å². The van der Waals surface area contributed by atoms with Gasteiger partial charge >= 0.3 is 0 Å². The first kappa shape index (κ1) is 16.1. The molecular weight excluding hydrogens is 340 g/mol. The molecule has 1 aromatic heterocycles. The zero-order valence-electron chi connectivity index (χ0n) is 14.0. The molecule has 2 aliphatic rings. The molecule has 0 N–H and O–H groups in total. The maximum Gasteiger partial charge on any atom is 0.267 e. The molecule has 0 spiro atoms. The standard InChI is InChI=1S/C18H18N2O4S/c1-11-3-5-14(6-4-11)25(23,24)20-9-12-7-15-16(8-13(12)10-20)18(22)19(2)17(15)21/h3-6,9-10,15-16H,7-8H2,1-2H3. The van der Waals surface area contributed by atoms with E-state index in [1.807, 2.05) is 6.92 Å². The Morgan fingerprint density at radius 2 is 1.40 bits per heavy atom. The lowest BCUT2D eigenvalue weighted by Gasteiger charge is -2.20. The molecule has 1 fully saturated rings. The Hall–Kier alpha value is -2.41. The summed E-state index contributed by atoms with van der Waals surface area (Å²) in [5, 5.41) is 0. The smallest absolute Gasteiger partial charge is 0.267 e. The molecule has 1 saturated heterocycles. The lowest BCUT2D eigenvalue weighted by atomic mass is 9.79. The van der Waals surface area contributed by atoms with Crippen LogP contribution in [0.1, 0.15) is 16.7 Å². The van der Waals surface area contributed by atoms with Crippen molar-refractivity contribution in [1.82, 2.24) is 8.87 Å². The molecule has 7 heteroatoms. The number of carbonyl (C=O) groups excluding carboxylic acids is 2. The summed E-state index contributed by atoms with van der Waals surface area (Å²) in [6.07, 6.45) is 3.98. The molecule has 25 heavy (non-hydrogen) atoms. The number of carbonyl (C=O) groups is 2. The van der Waals surface area contributed by atoms with Crippen molar-refractivity contribution in [2.24, 2.45) is 11.8 Å². The van der Waals surface area contributed by atoms with E-state index >= 15 is 0 Å². The maximum absolute atomic E-state index is 12.8. The van der Waals surface area contributed by atoms with Gasteiger partial charge in [-0.1, -0.05) is 17.7 Å². The molecular formula is C18H18N2O4S. The highest BCUT2D eigenvalue weighted by atomic mass is 32.2. The van der Waals surface area contributed by atoms with Crippen LogP contribution < -0.4 is 0 Å². The van der Waals surface area contributed by atoms with E-state index in [0.29, 0.717) is 12.8 Å². The SMILES string of the molecule is Cc1ccc(S(=O)(=O)n2cc3c(c2)CC2C(=O)N(C)C(=O)C2C3)cc1. The summed E-state index contributed by atoms with van der Waals surface area (Å²) in [4.78, 5) is 25.8. The third-order valence-corrected chi connectivity index (χ3v) is 6.87. The van der Waals surface area contributed by atoms with Gasteiger partial charge in [0.25, 0.3) is 10.0 Å². The van der Waals surface area contributed by atoms with Crippen LogP contribution >= 0.6 is 0 Å². The Balaban J connectivity index is 1.71. The number of amides is 2. The molecule has 2 aromatic rings. The molecule has 0 radical (unpaired) electrons. The highest BCUT2D eigenvalue weighted by molar-refractivity contribution is 7.90. The second kappa shape index (κ2) is 5.29. The van der Waals surface area contributed by atoms with E-state index in [9.17, 15) is 18.0 Å². The quantitative estimate of drug-likeness (QED) is 0.760. The zero-order chi connectivity index (χ0) is 17.9. The summed E-state index contributed by atoms with van der Waals surface area (Å²) in [5.41, 5.74) is 2.64. The number of imide groups is 1. The minimum absolute atomic E-state index is 0.171. The van der Waals surface area contributed by atoms with Crippen molar-refractivity contribution in [2.45, 2.75) is 24.7 Å². The van der Waals surface area contributed by atoms with Gasteiger partial charge in [-0.3, -0.25) is 14.5 Å². The third-order valence-electron chi connectivity index (χ3n) is 5.24. The number of hydrogen-bond acceptors (Lipinski definition) is 4. The summed E-state index contributed by atoms with van der Waals surface area (Å²) >= 11 is 0. The van der Waals surface area contributed by atoms with Gasteiger partial charge in [-0.05, 0) is 43.0 Å². The number of likely N-dealkylation sites (tertiary alicyclic amines) is 1. The van der Waals surface area contributed by atoms with Crippen LogP contribution in [0.3, 0.4) is 0 Å². The van der Waals surface area contributed by atoms with Crippen molar-refractivity contribution < 1.29 is 18.0 Å². The molecule has 130 valence electrons. The van der Waals surface area contributed by atoms with Crippen LogP contribution in [-0.4, -0.2) is 36.2 Å². The largest absolute Gasteiger partial charge is 0.285 e. The fourth-order valence-corrected chi connectivity index (χ4v) is 4.99. The van der Waals surface area contributed by atoms with Gasteiger partial charge in [0.2, 0.25) is 11.8 Å². The molecule has 0 saturated carbocycles. The minimum atomic E-state index is -3.67. The van der Waals surface area contributed by atoms with Gasteiger partial charge in [0, 0.05) is 19.4 Å². The number of fused-ring (bicyclic) bond motifs is 2. The summed E-state index contributed by atoms with van der Waals surface area (Å²) < 4.78 is 26.8. The van der Waals surface area contributed by atoms with Gasteiger partial charge in [-0.25, -0.2) is 12.4 Å². The fourth-order valence-electron chi connectivity index (χ4n) is 3.73. The van der Waals surface area contributed by atoms with Crippen LogP contribution in [0.2, 0.25) is 0 Å². The molecule has 4 rings (SSSR count). The van der Waals surface area contributed by atoms with E-state index in [4.69, 9.17) is 0 Å². The summed E-state index contributed by atoms with van der Waals surface area (Å²) in [5.74, 6) is -1.09. The second-order valence-electron chi connectivity index (χ2n) is 6.81. The monoisotopic (exact) mass is 358 g/mol. The van der Waals surface area contributed by atoms with Gasteiger partial charge in [0.1, 0.15) is 0 Å². The number of aromatic nitrogens is 1. The van der Waals surface area contributed by atoms with Gasteiger partial charge in [-0.15, -0.1) is 0 Å². The van der Waals surface area contributed by atoms with Gasteiger partial charge in [0.05, 0.1) is 16.7 Å². The normalized spacial score (nSPS) is 22.9. The average Bonchev–Trinajstić information content (AvgIpc) is 3.10. The Bertz CT molecular complexity index is 947. The average molecular weight is 358 g/mol. The van der Waals surface area contributed by atoms with Crippen molar-refractivity contribution in [1.29, 1.82) is 0 Å². The molecule has 2 amide bonds. The predicted octanol–water partition coefficient (Wildman–Crippen LogP) is 1.36. The second-order valence-corrected chi connectivity index (χ2v) is 8.66. The van der Waals surface area contributed by atoms with Crippen LogP contribution in [0.4, 0.5) is 0 Å². The van der Waals surface area contributed by atoms with E-state index in [2.05, 4.69) is 0 Å². The van der Waals surface area contributed by atoms with Crippen molar-refractivity contribution in [3.8, 4) is 0 Å². The van der Waals surface area contributed by atoms with Crippen LogP contribution in [0.5, 0.6) is 0 Å². The molecule has 2 heterocycles. The molecule has 1 aliphatic carbocycles. The first-order chi connectivity index (χ1) is 11.8. The molecule has 1 aromatic carbocycles. The first-order valence-electron chi connectivity index (χ1n) is 8.12.